The third-order valence-electron chi connectivity index (χ3n) is 2.08. The maximum absolute atomic E-state index is 11.6. The van der Waals surface area contributed by atoms with E-state index in [0.29, 0.717) is 0 Å². The van der Waals surface area contributed by atoms with Crippen LogP contribution in [0.3, 0.4) is 0 Å². The summed E-state index contributed by atoms with van der Waals surface area (Å²) in [6.45, 7) is 5.17. The molecule has 7 heteroatoms. The molecule has 0 aromatic carbocycles. The lowest BCUT2D eigenvalue weighted by molar-refractivity contribution is -0.140. The summed E-state index contributed by atoms with van der Waals surface area (Å²) in [6, 6.07) is -0.770. The molecule has 0 bridgehead atoms. The van der Waals surface area contributed by atoms with Gasteiger partial charge in [0.1, 0.15) is 5.60 Å². The van der Waals surface area contributed by atoms with Gasteiger partial charge in [-0.05, 0) is 27.2 Å². The number of rotatable bonds is 6. The zero-order chi connectivity index (χ0) is 15.1. The van der Waals surface area contributed by atoms with Gasteiger partial charge in [-0.15, -0.1) is 0 Å². The van der Waals surface area contributed by atoms with E-state index in [1.54, 1.807) is 20.8 Å². The number of nitrogens with one attached hydrogen (secondary N) is 1. The molecule has 1 amide bonds. The fourth-order valence-electron chi connectivity index (χ4n) is 1.22. The number of carbonyl (C=O) groups excluding carboxylic acids is 3. The molecule has 0 unspecified atom stereocenters. The standard InChI is InChI=1S/C12H20BrNO5/c1-12(2,3)19-11(17)14-8(9(15)7-13)5-6-10(16)18-4/h8H,5-7H2,1-4H3,(H,14,17)/t8-/m0/s1. The van der Waals surface area contributed by atoms with Gasteiger partial charge in [0, 0.05) is 6.42 Å². The predicted octanol–water partition coefficient (Wildman–Crippen LogP) is 1.80. The Hall–Kier alpha value is -1.11. The van der Waals surface area contributed by atoms with Crippen molar-refractivity contribution in [1.82, 2.24) is 5.32 Å². The monoisotopic (exact) mass is 337 g/mol. The highest BCUT2D eigenvalue weighted by Crippen LogP contribution is 2.08. The molecule has 0 aliphatic heterocycles. The van der Waals surface area contributed by atoms with Crippen molar-refractivity contribution in [3.63, 3.8) is 0 Å². The lowest BCUT2D eigenvalue weighted by atomic mass is 10.1. The number of carbonyl (C=O) groups is 3. The number of hydrogen-bond donors (Lipinski definition) is 1. The van der Waals surface area contributed by atoms with E-state index in [9.17, 15) is 14.4 Å². The highest BCUT2D eigenvalue weighted by Gasteiger charge is 2.24. The number of ketones is 1. The lowest BCUT2D eigenvalue weighted by Crippen LogP contribution is -2.44. The van der Waals surface area contributed by atoms with Gasteiger partial charge in [-0.3, -0.25) is 9.59 Å². The Bertz CT molecular complexity index is 338. The molecule has 0 rings (SSSR count). The van der Waals surface area contributed by atoms with Crippen LogP contribution < -0.4 is 5.32 Å². The van der Waals surface area contributed by atoms with E-state index >= 15 is 0 Å². The van der Waals surface area contributed by atoms with E-state index in [-0.39, 0.29) is 24.0 Å². The largest absolute Gasteiger partial charge is 0.469 e. The summed E-state index contributed by atoms with van der Waals surface area (Å²) < 4.78 is 9.56. The number of hydrogen-bond acceptors (Lipinski definition) is 5. The number of halogens is 1. The van der Waals surface area contributed by atoms with Crippen LogP contribution in [0.25, 0.3) is 0 Å². The van der Waals surface area contributed by atoms with E-state index in [4.69, 9.17) is 4.74 Å². The van der Waals surface area contributed by atoms with E-state index in [0.717, 1.165) is 0 Å². The third kappa shape index (κ3) is 8.58. The van der Waals surface area contributed by atoms with Crippen LogP contribution in [-0.2, 0) is 19.1 Å². The molecule has 0 aromatic heterocycles. The van der Waals surface area contributed by atoms with Crippen molar-refractivity contribution in [2.24, 2.45) is 0 Å². The molecular formula is C12H20BrNO5. The average molecular weight is 338 g/mol. The molecule has 110 valence electrons. The Labute approximate surface area is 121 Å². The van der Waals surface area contributed by atoms with Crippen molar-refractivity contribution < 1.29 is 23.9 Å². The molecule has 0 aromatic rings. The van der Waals surface area contributed by atoms with E-state index < -0.39 is 23.7 Å². The Kier molecular flexibility index (Phi) is 7.66. The number of methoxy groups -OCH3 is 1. The van der Waals surface area contributed by atoms with Gasteiger partial charge in [-0.25, -0.2) is 4.79 Å². The van der Waals surface area contributed by atoms with Gasteiger partial charge < -0.3 is 14.8 Å². The maximum atomic E-state index is 11.6. The van der Waals surface area contributed by atoms with Gasteiger partial charge in [0.15, 0.2) is 5.78 Å². The molecule has 1 N–H and O–H groups in total. The van der Waals surface area contributed by atoms with Gasteiger partial charge >= 0.3 is 12.1 Å². The van der Waals surface area contributed by atoms with Crippen LogP contribution >= 0.6 is 15.9 Å². The molecule has 0 heterocycles. The van der Waals surface area contributed by atoms with Crippen LogP contribution in [0.1, 0.15) is 33.6 Å². The minimum Gasteiger partial charge on any atom is -0.469 e. The van der Waals surface area contributed by atoms with Crippen molar-refractivity contribution in [2.45, 2.75) is 45.3 Å². The number of ether oxygens (including phenoxy) is 2. The Morgan fingerprint density at radius 2 is 1.84 bits per heavy atom. The van der Waals surface area contributed by atoms with Crippen molar-refractivity contribution in [2.75, 3.05) is 12.4 Å². The highest BCUT2D eigenvalue weighted by atomic mass is 79.9. The minimum atomic E-state index is -0.770. The second-order valence-electron chi connectivity index (χ2n) is 4.91. The summed E-state index contributed by atoms with van der Waals surface area (Å²) in [5, 5.41) is 2.55. The van der Waals surface area contributed by atoms with E-state index in [1.807, 2.05) is 0 Å². The Morgan fingerprint density at radius 1 is 1.26 bits per heavy atom. The second-order valence-corrected chi connectivity index (χ2v) is 5.47. The molecule has 0 aliphatic rings. The van der Waals surface area contributed by atoms with Crippen LogP contribution in [-0.4, -0.2) is 41.9 Å². The first-order valence-electron chi connectivity index (χ1n) is 5.84. The van der Waals surface area contributed by atoms with Gasteiger partial charge in [0.2, 0.25) is 0 Å². The number of amides is 1. The van der Waals surface area contributed by atoms with Gasteiger partial charge in [-0.2, -0.15) is 0 Å². The zero-order valence-corrected chi connectivity index (χ0v) is 13.2. The third-order valence-corrected chi connectivity index (χ3v) is 2.63. The number of Topliss-reactive ketones (excluding diaryl/α,β-unsaturated/α-hetero) is 1. The maximum Gasteiger partial charge on any atom is 0.408 e. The smallest absolute Gasteiger partial charge is 0.408 e. The number of esters is 1. The lowest BCUT2D eigenvalue weighted by Gasteiger charge is -2.22. The van der Waals surface area contributed by atoms with Crippen molar-refractivity contribution in [1.29, 1.82) is 0 Å². The fourth-order valence-corrected chi connectivity index (χ4v) is 1.61. The summed E-state index contributed by atoms with van der Waals surface area (Å²) in [5.74, 6) is -0.659. The summed E-state index contributed by atoms with van der Waals surface area (Å²) in [7, 11) is 1.27. The molecule has 6 nitrogen and oxygen atoms in total. The van der Waals surface area contributed by atoms with Gasteiger partial charge in [-0.1, -0.05) is 15.9 Å². The number of alkyl carbamates (subject to hydrolysis) is 1. The molecule has 0 spiro atoms. The minimum absolute atomic E-state index is 0.0513. The van der Waals surface area contributed by atoms with Gasteiger partial charge in [0.05, 0.1) is 18.5 Å². The molecular weight excluding hydrogens is 318 g/mol. The average Bonchev–Trinajstić information content (AvgIpc) is 2.30. The van der Waals surface area contributed by atoms with Crippen molar-refractivity contribution in [3.05, 3.63) is 0 Å². The Balaban J connectivity index is 4.47. The topological polar surface area (TPSA) is 81.7 Å². The first kappa shape index (κ1) is 17.9. The summed E-state index contributed by atoms with van der Waals surface area (Å²) in [4.78, 5) is 34.3. The summed E-state index contributed by atoms with van der Waals surface area (Å²) in [6.07, 6.45) is -0.455. The summed E-state index contributed by atoms with van der Waals surface area (Å²) in [5.41, 5.74) is -0.644. The van der Waals surface area contributed by atoms with Crippen molar-refractivity contribution >= 4 is 33.8 Å². The Morgan fingerprint density at radius 3 is 2.26 bits per heavy atom. The predicted molar refractivity (Wildman–Crippen MR) is 73.2 cm³/mol. The van der Waals surface area contributed by atoms with Crippen LogP contribution in [0.15, 0.2) is 0 Å². The van der Waals surface area contributed by atoms with Crippen LogP contribution in [0.4, 0.5) is 4.79 Å². The molecule has 19 heavy (non-hydrogen) atoms. The van der Waals surface area contributed by atoms with Gasteiger partial charge in [0.25, 0.3) is 0 Å². The van der Waals surface area contributed by atoms with Crippen molar-refractivity contribution in [3.8, 4) is 0 Å². The molecule has 0 saturated carbocycles. The molecule has 0 saturated heterocycles. The van der Waals surface area contributed by atoms with E-state index in [2.05, 4.69) is 26.0 Å². The molecule has 1 atom stereocenters. The van der Waals surface area contributed by atoms with E-state index in [1.165, 1.54) is 7.11 Å². The SMILES string of the molecule is COC(=O)CC[C@H](NC(=O)OC(C)(C)C)C(=O)CBr. The molecule has 0 fully saturated rings. The normalized spacial score (nSPS) is 12.5. The molecule has 0 radical (unpaired) electrons. The second kappa shape index (κ2) is 8.14. The first-order valence-corrected chi connectivity index (χ1v) is 6.96. The highest BCUT2D eigenvalue weighted by molar-refractivity contribution is 9.09. The van der Waals surface area contributed by atoms with Crippen LogP contribution in [0.5, 0.6) is 0 Å². The van der Waals surface area contributed by atoms with Crippen LogP contribution in [0.2, 0.25) is 0 Å². The zero-order valence-electron chi connectivity index (χ0n) is 11.6. The fraction of sp³-hybridized carbons (Fsp3) is 0.750. The number of alkyl halides is 1. The molecule has 0 aliphatic carbocycles. The quantitative estimate of drug-likeness (QED) is 0.590. The first-order chi connectivity index (χ1) is 8.69. The summed E-state index contributed by atoms with van der Waals surface area (Å²) >= 11 is 3.03. The van der Waals surface area contributed by atoms with Crippen LogP contribution in [0, 0.1) is 0 Å².